The van der Waals surface area contributed by atoms with Gasteiger partial charge in [0.15, 0.2) is 0 Å². The Hall–Kier alpha value is -1.09. The van der Waals surface area contributed by atoms with E-state index in [1.165, 1.54) is 19.3 Å². The second-order valence-corrected chi connectivity index (χ2v) is 5.90. The van der Waals surface area contributed by atoms with Crippen molar-refractivity contribution in [2.75, 3.05) is 12.4 Å². The molecule has 0 aromatic carbocycles. The van der Waals surface area contributed by atoms with Gasteiger partial charge in [0.05, 0.1) is 5.56 Å². The number of aryl methyl sites for hydroxylation is 1. The molecule has 1 aliphatic carbocycles. The van der Waals surface area contributed by atoms with Crippen LogP contribution in [0.2, 0.25) is 0 Å². The van der Waals surface area contributed by atoms with Crippen LogP contribution < -0.4 is 5.32 Å². The number of aromatic nitrogens is 1. The number of hydrogen-bond donors (Lipinski definition) is 1. The molecule has 4 heteroatoms. The molecule has 0 saturated heterocycles. The van der Waals surface area contributed by atoms with Gasteiger partial charge in [0.1, 0.15) is 0 Å². The minimum Gasteiger partial charge on any atom is -0.351 e. The summed E-state index contributed by atoms with van der Waals surface area (Å²) in [5, 5.41) is 3.02. The van der Waals surface area contributed by atoms with Crippen LogP contribution in [0.4, 0.5) is 0 Å². The zero-order chi connectivity index (χ0) is 13.7. The molecule has 0 atom stereocenters. The van der Waals surface area contributed by atoms with Gasteiger partial charge in [0, 0.05) is 30.2 Å². The fourth-order valence-corrected chi connectivity index (χ4v) is 3.07. The average Bonchev–Trinajstić information content (AvgIpc) is 2.46. The Bertz CT molecular complexity index is 442. The van der Waals surface area contributed by atoms with Crippen molar-refractivity contribution in [1.29, 1.82) is 0 Å². The number of carbonyl (C=O) groups excluding carboxylic acids is 1. The first-order chi connectivity index (χ1) is 9.15. The molecule has 1 amide bonds. The highest BCUT2D eigenvalue weighted by Crippen LogP contribution is 2.36. The summed E-state index contributed by atoms with van der Waals surface area (Å²) in [6, 6.07) is 1.86. The SMILES string of the molecule is Cc1cncc(C(=O)NCC2(CCl)CCCCC2)c1. The molecule has 19 heavy (non-hydrogen) atoms. The van der Waals surface area contributed by atoms with Gasteiger partial charge in [0.2, 0.25) is 0 Å². The second kappa shape index (κ2) is 6.38. The van der Waals surface area contributed by atoms with Crippen LogP contribution >= 0.6 is 11.6 Å². The fraction of sp³-hybridized carbons (Fsp3) is 0.600. The number of carbonyl (C=O) groups is 1. The minimum absolute atomic E-state index is 0.0498. The zero-order valence-corrected chi connectivity index (χ0v) is 12.2. The predicted molar refractivity (Wildman–Crippen MR) is 77.5 cm³/mol. The molecule has 0 unspecified atom stereocenters. The normalized spacial score (nSPS) is 18.0. The molecule has 1 aliphatic rings. The number of hydrogen-bond acceptors (Lipinski definition) is 2. The minimum atomic E-state index is -0.0498. The Labute approximate surface area is 119 Å². The maximum atomic E-state index is 12.1. The Morgan fingerprint density at radius 3 is 2.74 bits per heavy atom. The van der Waals surface area contributed by atoms with Gasteiger partial charge >= 0.3 is 0 Å². The van der Waals surface area contributed by atoms with Crippen molar-refractivity contribution >= 4 is 17.5 Å². The summed E-state index contributed by atoms with van der Waals surface area (Å²) in [7, 11) is 0. The maximum Gasteiger partial charge on any atom is 0.252 e. The van der Waals surface area contributed by atoms with E-state index >= 15 is 0 Å². The molecule has 0 bridgehead atoms. The third kappa shape index (κ3) is 3.69. The van der Waals surface area contributed by atoms with Crippen LogP contribution in [-0.4, -0.2) is 23.3 Å². The number of pyridine rings is 1. The first-order valence-corrected chi connectivity index (χ1v) is 7.44. The molecular weight excluding hydrogens is 260 g/mol. The highest BCUT2D eigenvalue weighted by Gasteiger charge is 2.31. The molecule has 1 fully saturated rings. The Kier molecular flexibility index (Phi) is 4.81. The first kappa shape index (κ1) is 14.3. The molecule has 1 N–H and O–H groups in total. The van der Waals surface area contributed by atoms with E-state index in [0.717, 1.165) is 18.4 Å². The molecule has 1 aromatic rings. The van der Waals surface area contributed by atoms with Gasteiger partial charge in [0.25, 0.3) is 5.91 Å². The molecule has 0 radical (unpaired) electrons. The lowest BCUT2D eigenvalue weighted by Gasteiger charge is -2.35. The van der Waals surface area contributed by atoms with Gasteiger partial charge in [-0.3, -0.25) is 9.78 Å². The lowest BCUT2D eigenvalue weighted by atomic mass is 9.75. The van der Waals surface area contributed by atoms with Crippen LogP contribution in [0.15, 0.2) is 18.5 Å². The van der Waals surface area contributed by atoms with Crippen molar-refractivity contribution < 1.29 is 4.79 Å². The van der Waals surface area contributed by atoms with Gasteiger partial charge in [-0.2, -0.15) is 0 Å². The van der Waals surface area contributed by atoms with Crippen LogP contribution in [0.1, 0.15) is 48.0 Å². The van der Waals surface area contributed by atoms with E-state index in [9.17, 15) is 4.79 Å². The lowest BCUT2D eigenvalue weighted by molar-refractivity contribution is 0.0920. The molecule has 0 aliphatic heterocycles. The summed E-state index contributed by atoms with van der Waals surface area (Å²) in [6.45, 7) is 2.61. The van der Waals surface area contributed by atoms with E-state index in [2.05, 4.69) is 10.3 Å². The van der Waals surface area contributed by atoms with E-state index in [1.807, 2.05) is 13.0 Å². The van der Waals surface area contributed by atoms with Gasteiger partial charge < -0.3 is 5.32 Å². The standard InChI is InChI=1S/C15H21ClN2O/c1-12-7-13(9-17-8-12)14(19)18-11-15(10-16)5-3-2-4-6-15/h7-9H,2-6,10-11H2,1H3,(H,18,19). The number of nitrogens with zero attached hydrogens (tertiary/aromatic N) is 1. The second-order valence-electron chi connectivity index (χ2n) is 5.63. The van der Waals surface area contributed by atoms with Crippen LogP contribution in [0.3, 0.4) is 0 Å². The van der Waals surface area contributed by atoms with Gasteiger partial charge in [-0.25, -0.2) is 0 Å². The fourth-order valence-electron chi connectivity index (χ4n) is 2.71. The molecular formula is C15H21ClN2O. The largest absolute Gasteiger partial charge is 0.351 e. The van der Waals surface area contributed by atoms with Gasteiger partial charge in [-0.1, -0.05) is 19.3 Å². The van der Waals surface area contributed by atoms with E-state index in [1.54, 1.807) is 12.4 Å². The summed E-state index contributed by atoms with van der Waals surface area (Å²) < 4.78 is 0. The topological polar surface area (TPSA) is 42.0 Å². The van der Waals surface area contributed by atoms with E-state index < -0.39 is 0 Å². The summed E-state index contributed by atoms with van der Waals surface area (Å²) in [5.41, 5.74) is 1.71. The summed E-state index contributed by atoms with van der Waals surface area (Å²) in [6.07, 6.45) is 9.30. The lowest BCUT2D eigenvalue weighted by Crippen LogP contribution is -2.40. The molecule has 1 saturated carbocycles. The Balaban J connectivity index is 1.95. The van der Waals surface area contributed by atoms with Crippen LogP contribution in [0, 0.1) is 12.3 Å². The van der Waals surface area contributed by atoms with Crippen LogP contribution in [0.25, 0.3) is 0 Å². The molecule has 1 heterocycles. The molecule has 104 valence electrons. The number of alkyl halides is 1. The zero-order valence-electron chi connectivity index (χ0n) is 11.4. The summed E-state index contributed by atoms with van der Waals surface area (Å²) in [4.78, 5) is 16.2. The summed E-state index contributed by atoms with van der Waals surface area (Å²) >= 11 is 6.13. The molecule has 2 rings (SSSR count). The highest BCUT2D eigenvalue weighted by molar-refractivity contribution is 6.18. The quantitative estimate of drug-likeness (QED) is 0.860. The van der Waals surface area contributed by atoms with Gasteiger partial charge in [-0.15, -0.1) is 11.6 Å². The Morgan fingerprint density at radius 2 is 2.11 bits per heavy atom. The van der Waals surface area contributed by atoms with Crippen molar-refractivity contribution in [3.63, 3.8) is 0 Å². The predicted octanol–water partition coefficient (Wildman–Crippen LogP) is 3.31. The molecule has 0 spiro atoms. The summed E-state index contributed by atoms with van der Waals surface area (Å²) in [5.74, 6) is 0.575. The van der Waals surface area contributed by atoms with E-state index in [-0.39, 0.29) is 11.3 Å². The number of amides is 1. The smallest absolute Gasteiger partial charge is 0.252 e. The first-order valence-electron chi connectivity index (χ1n) is 6.91. The van der Waals surface area contributed by atoms with Crippen LogP contribution in [-0.2, 0) is 0 Å². The number of halogens is 1. The van der Waals surface area contributed by atoms with E-state index in [0.29, 0.717) is 18.0 Å². The average molecular weight is 281 g/mol. The maximum absolute atomic E-state index is 12.1. The molecule has 3 nitrogen and oxygen atoms in total. The van der Waals surface area contributed by atoms with Crippen molar-refractivity contribution in [3.8, 4) is 0 Å². The van der Waals surface area contributed by atoms with Crippen LogP contribution in [0.5, 0.6) is 0 Å². The van der Waals surface area contributed by atoms with Gasteiger partial charge in [-0.05, 0) is 31.4 Å². The van der Waals surface area contributed by atoms with Crippen molar-refractivity contribution in [1.82, 2.24) is 10.3 Å². The number of rotatable bonds is 4. The highest BCUT2D eigenvalue weighted by atomic mass is 35.5. The van der Waals surface area contributed by atoms with Crippen molar-refractivity contribution in [3.05, 3.63) is 29.6 Å². The monoisotopic (exact) mass is 280 g/mol. The van der Waals surface area contributed by atoms with E-state index in [4.69, 9.17) is 11.6 Å². The third-order valence-electron chi connectivity index (χ3n) is 3.96. The van der Waals surface area contributed by atoms with Crippen molar-refractivity contribution in [2.45, 2.75) is 39.0 Å². The Morgan fingerprint density at radius 1 is 1.37 bits per heavy atom. The third-order valence-corrected chi connectivity index (χ3v) is 4.53. The van der Waals surface area contributed by atoms with Crippen molar-refractivity contribution in [2.24, 2.45) is 5.41 Å². The number of nitrogens with one attached hydrogen (secondary N) is 1. The molecule has 1 aromatic heterocycles.